The Balaban J connectivity index is 2.10. The molecule has 1 N–H and O–H groups in total. The molecule has 0 saturated carbocycles. The van der Waals surface area contributed by atoms with Crippen molar-refractivity contribution in [2.45, 2.75) is 37.5 Å². The van der Waals surface area contributed by atoms with Crippen molar-refractivity contribution in [3.8, 4) is 0 Å². The van der Waals surface area contributed by atoms with E-state index in [1.165, 1.54) is 49.8 Å². The summed E-state index contributed by atoms with van der Waals surface area (Å²) in [5.74, 6) is -0.446. The van der Waals surface area contributed by atoms with E-state index in [4.69, 9.17) is 4.84 Å². The molecule has 0 unspecified atom stereocenters. The molecule has 142 valence electrons. The van der Waals surface area contributed by atoms with Gasteiger partial charge in [0, 0.05) is 19.0 Å². The Morgan fingerprint density at radius 2 is 2.08 bits per heavy atom. The summed E-state index contributed by atoms with van der Waals surface area (Å²) in [5.41, 5.74) is 0.207. The highest BCUT2D eigenvalue weighted by Crippen LogP contribution is 2.20. The monoisotopic (exact) mass is 398 g/mol. The highest BCUT2D eigenvalue weighted by molar-refractivity contribution is 7.89. The summed E-state index contributed by atoms with van der Waals surface area (Å²) in [6, 6.07) is 5.73. The molecular weight excluding hydrogens is 376 g/mol. The highest BCUT2D eigenvalue weighted by atomic mass is 32.2. The van der Waals surface area contributed by atoms with Crippen LogP contribution in [0.4, 0.5) is 5.13 Å². The summed E-state index contributed by atoms with van der Waals surface area (Å²) in [6.45, 7) is 2.13. The summed E-state index contributed by atoms with van der Waals surface area (Å²) in [7, 11) is -1.29. The zero-order chi connectivity index (χ0) is 19.2. The van der Waals surface area contributed by atoms with Gasteiger partial charge in [0.15, 0.2) is 0 Å². The Hall–Kier alpha value is -1.88. The molecule has 1 amide bonds. The third-order valence-electron chi connectivity index (χ3n) is 3.67. The Morgan fingerprint density at radius 1 is 1.31 bits per heavy atom. The van der Waals surface area contributed by atoms with Crippen LogP contribution in [-0.4, -0.2) is 43.1 Å². The number of anilines is 1. The molecule has 0 bridgehead atoms. The third-order valence-corrected chi connectivity index (χ3v) is 6.25. The number of hydrogen-bond acceptors (Lipinski definition) is 7. The molecule has 0 fully saturated rings. The minimum absolute atomic E-state index is 0.0352. The van der Waals surface area contributed by atoms with Gasteiger partial charge in [-0.05, 0) is 24.6 Å². The Bertz CT molecular complexity index is 851. The van der Waals surface area contributed by atoms with Crippen LogP contribution >= 0.6 is 11.3 Å². The van der Waals surface area contributed by atoms with Crippen molar-refractivity contribution in [1.82, 2.24) is 14.7 Å². The maximum atomic E-state index is 12.4. The second-order valence-electron chi connectivity index (χ2n) is 5.54. The zero-order valence-electron chi connectivity index (χ0n) is 14.9. The molecule has 0 spiro atoms. The summed E-state index contributed by atoms with van der Waals surface area (Å²) < 4.78 is 25.3. The van der Waals surface area contributed by atoms with E-state index in [-0.39, 0.29) is 10.5 Å². The Morgan fingerprint density at radius 3 is 2.77 bits per heavy atom. The first-order chi connectivity index (χ1) is 12.4. The molecular formula is C16H22N4O4S2. The first kappa shape index (κ1) is 20.4. The number of carbonyl (C=O) groups is 1. The lowest BCUT2D eigenvalue weighted by Crippen LogP contribution is -2.26. The molecule has 0 saturated heterocycles. The second kappa shape index (κ2) is 9.17. The molecule has 8 nitrogen and oxygen atoms in total. The summed E-state index contributed by atoms with van der Waals surface area (Å²) >= 11 is 1.32. The summed E-state index contributed by atoms with van der Waals surface area (Å²) in [6.07, 6.45) is 4.11. The van der Waals surface area contributed by atoms with Crippen LogP contribution in [0, 0.1) is 0 Å². The molecule has 0 aliphatic rings. The van der Waals surface area contributed by atoms with Crippen LogP contribution in [0.15, 0.2) is 29.2 Å². The van der Waals surface area contributed by atoms with E-state index >= 15 is 0 Å². The maximum absolute atomic E-state index is 12.4. The van der Waals surface area contributed by atoms with E-state index in [9.17, 15) is 13.2 Å². The number of rotatable bonds is 9. The largest absolute Gasteiger partial charge is 0.296 e. The van der Waals surface area contributed by atoms with Crippen molar-refractivity contribution in [2.24, 2.45) is 0 Å². The third kappa shape index (κ3) is 5.07. The van der Waals surface area contributed by atoms with Gasteiger partial charge in [-0.3, -0.25) is 14.9 Å². The maximum Gasteiger partial charge on any atom is 0.264 e. The molecule has 1 aromatic heterocycles. The highest BCUT2D eigenvalue weighted by Gasteiger charge is 2.22. The number of hydrogen-bond donors (Lipinski definition) is 1. The van der Waals surface area contributed by atoms with Gasteiger partial charge in [0.25, 0.3) is 15.9 Å². The number of aromatic nitrogens is 2. The van der Waals surface area contributed by atoms with Crippen molar-refractivity contribution < 1.29 is 18.0 Å². The number of unbranched alkanes of at least 4 members (excludes halogenated alkanes) is 2. The second-order valence-corrected chi connectivity index (χ2v) is 8.54. The normalized spacial score (nSPS) is 11.7. The van der Waals surface area contributed by atoms with Gasteiger partial charge in [0.2, 0.25) is 5.13 Å². The van der Waals surface area contributed by atoms with Crippen LogP contribution in [0.25, 0.3) is 0 Å². The zero-order valence-corrected chi connectivity index (χ0v) is 16.6. The molecule has 26 heavy (non-hydrogen) atoms. The lowest BCUT2D eigenvalue weighted by atomic mass is 10.2. The van der Waals surface area contributed by atoms with Gasteiger partial charge in [0.1, 0.15) is 5.01 Å². The number of carbonyl (C=O) groups excluding carboxylic acids is 1. The number of hydroxylamine groups is 1. The molecule has 0 atom stereocenters. The SMILES string of the molecule is CCCCCc1nnc(NC(=O)c2cccc(S(=O)(=O)N(C)OC)c2)s1. The quantitative estimate of drug-likeness (QED) is 0.515. The molecule has 1 heterocycles. The number of aryl methyl sites for hydroxylation is 1. The van der Waals surface area contributed by atoms with Gasteiger partial charge in [-0.15, -0.1) is 10.2 Å². The van der Waals surface area contributed by atoms with E-state index < -0.39 is 15.9 Å². The predicted octanol–water partition coefficient (Wildman–Crippen LogP) is 2.71. The average molecular weight is 399 g/mol. The summed E-state index contributed by atoms with van der Waals surface area (Å²) in [5, 5.41) is 11.9. The lowest BCUT2D eigenvalue weighted by molar-refractivity contribution is -0.0258. The molecule has 2 aromatic rings. The van der Waals surface area contributed by atoms with Crippen LogP contribution in [0.3, 0.4) is 0 Å². The fourth-order valence-corrected chi connectivity index (χ4v) is 3.94. The van der Waals surface area contributed by atoms with Crippen molar-refractivity contribution >= 4 is 32.4 Å². The van der Waals surface area contributed by atoms with Gasteiger partial charge in [-0.1, -0.05) is 41.6 Å². The number of amides is 1. The fourth-order valence-electron chi connectivity index (χ4n) is 2.15. The van der Waals surface area contributed by atoms with E-state index in [1.54, 1.807) is 0 Å². The van der Waals surface area contributed by atoms with Gasteiger partial charge in [-0.25, -0.2) is 8.42 Å². The summed E-state index contributed by atoms with van der Waals surface area (Å²) in [4.78, 5) is 17.1. The molecule has 1 aromatic carbocycles. The number of nitrogens with zero attached hydrogens (tertiary/aromatic N) is 3. The Labute approximate surface area is 157 Å². The molecule has 2 rings (SSSR count). The van der Waals surface area contributed by atoms with Crippen LogP contribution in [0.2, 0.25) is 0 Å². The van der Waals surface area contributed by atoms with Crippen LogP contribution in [0.1, 0.15) is 41.6 Å². The standard InChI is InChI=1S/C16H22N4O4S2/c1-4-5-6-10-14-18-19-16(25-14)17-15(21)12-8-7-9-13(11-12)26(22,23)20(2)24-3/h7-9,11H,4-6,10H2,1-3H3,(H,17,19,21). The van der Waals surface area contributed by atoms with Gasteiger partial charge in [-0.2, -0.15) is 0 Å². The minimum atomic E-state index is -3.82. The van der Waals surface area contributed by atoms with Crippen molar-refractivity contribution in [2.75, 3.05) is 19.5 Å². The molecule has 0 radical (unpaired) electrons. The first-order valence-corrected chi connectivity index (χ1v) is 10.4. The van der Waals surface area contributed by atoms with E-state index in [2.05, 4.69) is 22.4 Å². The number of nitrogens with one attached hydrogen (secondary N) is 1. The topological polar surface area (TPSA) is 101 Å². The van der Waals surface area contributed by atoms with E-state index in [0.717, 1.165) is 35.2 Å². The van der Waals surface area contributed by atoms with Gasteiger partial charge in [0.05, 0.1) is 12.0 Å². The first-order valence-electron chi connectivity index (χ1n) is 8.15. The van der Waals surface area contributed by atoms with Gasteiger partial charge >= 0.3 is 0 Å². The molecule has 0 aliphatic heterocycles. The molecule has 0 aliphatic carbocycles. The van der Waals surface area contributed by atoms with E-state index in [1.807, 2.05) is 0 Å². The number of sulfonamides is 1. The Kier molecular flexibility index (Phi) is 7.21. The van der Waals surface area contributed by atoms with Crippen LogP contribution in [-0.2, 0) is 21.3 Å². The van der Waals surface area contributed by atoms with Crippen LogP contribution < -0.4 is 5.32 Å². The smallest absolute Gasteiger partial charge is 0.264 e. The predicted molar refractivity (Wildman–Crippen MR) is 99.5 cm³/mol. The number of benzene rings is 1. The lowest BCUT2D eigenvalue weighted by Gasteiger charge is -2.14. The average Bonchev–Trinajstić information content (AvgIpc) is 3.08. The van der Waals surface area contributed by atoms with Gasteiger partial charge < -0.3 is 0 Å². The van der Waals surface area contributed by atoms with E-state index in [0.29, 0.717) is 5.13 Å². The minimum Gasteiger partial charge on any atom is -0.296 e. The molecule has 10 heteroatoms. The van der Waals surface area contributed by atoms with Crippen molar-refractivity contribution in [1.29, 1.82) is 0 Å². The van der Waals surface area contributed by atoms with Crippen LogP contribution in [0.5, 0.6) is 0 Å². The van der Waals surface area contributed by atoms with Crippen molar-refractivity contribution in [3.05, 3.63) is 34.8 Å². The fraction of sp³-hybridized carbons (Fsp3) is 0.438. The van der Waals surface area contributed by atoms with Crippen molar-refractivity contribution in [3.63, 3.8) is 0 Å².